The van der Waals surface area contributed by atoms with Gasteiger partial charge in [0.25, 0.3) is 0 Å². The number of hydrogen-bond acceptors (Lipinski definition) is 7. The third-order valence-corrected chi connectivity index (χ3v) is 8.98. The fraction of sp³-hybridized carbons (Fsp3) is 0.333. The Morgan fingerprint density at radius 2 is 1.98 bits per heavy atom. The Kier molecular flexibility index (Phi) is 8.34. The quantitative estimate of drug-likeness (QED) is 0.237. The van der Waals surface area contributed by atoms with Crippen LogP contribution in [0.4, 0.5) is 14.6 Å². The molecule has 0 bridgehead atoms. The summed E-state index contributed by atoms with van der Waals surface area (Å²) in [6, 6.07) is 13.3. The molecule has 2 aliphatic heterocycles. The van der Waals surface area contributed by atoms with E-state index in [2.05, 4.69) is 24.6 Å². The number of ether oxygens (including phenoxy) is 1. The van der Waals surface area contributed by atoms with Gasteiger partial charge in [-0.3, -0.25) is 4.79 Å². The third-order valence-electron chi connectivity index (χ3n) is 8.61. The standard InChI is InChI=1S/C33H31ClF2N6O2/c1-3-29(43)42-15-14-41(18-21(42)11-12-37)32-25-16-27(36)24(23-8-4-6-20-9-10-26(35)31(34)30(20)23)17-28(25)38-33(39-32)44-19-22-7-5-13-40(22)2/h3-4,6,8-10,16-17,21-22H,1,5,7,11,13-15,18-19H2,2H3/t21-,22-/m0/s1. The minimum atomic E-state index is -0.592. The molecule has 44 heavy (non-hydrogen) atoms. The Morgan fingerprint density at radius 3 is 2.73 bits per heavy atom. The number of likely N-dealkylation sites (N-methyl/N-ethyl adjacent to an activating group) is 1. The van der Waals surface area contributed by atoms with E-state index in [1.54, 1.807) is 35.2 Å². The van der Waals surface area contributed by atoms with Crippen LogP contribution >= 0.6 is 11.6 Å². The number of carbonyl (C=O) groups is 1. The second-order valence-electron chi connectivity index (χ2n) is 11.2. The fourth-order valence-electron chi connectivity index (χ4n) is 6.25. The maximum atomic E-state index is 16.1. The lowest BCUT2D eigenvalue weighted by Crippen LogP contribution is -2.55. The lowest BCUT2D eigenvalue weighted by atomic mass is 9.96. The molecule has 0 N–H and O–H groups in total. The van der Waals surface area contributed by atoms with E-state index in [4.69, 9.17) is 26.3 Å². The second kappa shape index (κ2) is 12.3. The summed E-state index contributed by atoms with van der Waals surface area (Å²) in [7, 11) is 2.06. The first kappa shape index (κ1) is 29.7. The van der Waals surface area contributed by atoms with Gasteiger partial charge in [0.15, 0.2) is 0 Å². The number of carbonyl (C=O) groups excluding carboxylic acids is 1. The van der Waals surface area contributed by atoms with E-state index >= 15 is 4.39 Å². The van der Waals surface area contributed by atoms with E-state index in [0.717, 1.165) is 19.4 Å². The summed E-state index contributed by atoms with van der Waals surface area (Å²) in [6.45, 7) is 6.03. The van der Waals surface area contributed by atoms with Gasteiger partial charge >= 0.3 is 6.01 Å². The van der Waals surface area contributed by atoms with Crippen molar-refractivity contribution in [3.63, 3.8) is 0 Å². The van der Waals surface area contributed by atoms with Gasteiger partial charge in [-0.25, -0.2) is 8.78 Å². The fourth-order valence-corrected chi connectivity index (χ4v) is 6.53. The first-order valence-electron chi connectivity index (χ1n) is 14.6. The number of halogens is 3. The summed E-state index contributed by atoms with van der Waals surface area (Å²) in [5.74, 6) is -0.939. The number of likely N-dealkylation sites (tertiary alicyclic amines) is 1. The van der Waals surface area contributed by atoms with Crippen molar-refractivity contribution in [2.45, 2.75) is 31.3 Å². The molecule has 2 fully saturated rings. The Bertz CT molecular complexity index is 1810. The smallest absolute Gasteiger partial charge is 0.319 e. The van der Waals surface area contributed by atoms with Crippen molar-refractivity contribution in [3.05, 3.63) is 71.8 Å². The highest BCUT2D eigenvalue weighted by Gasteiger charge is 2.32. The summed E-state index contributed by atoms with van der Waals surface area (Å²) in [5, 5.41) is 10.9. The summed E-state index contributed by atoms with van der Waals surface area (Å²) >= 11 is 6.39. The summed E-state index contributed by atoms with van der Waals surface area (Å²) < 4.78 is 36.7. The van der Waals surface area contributed by atoms with Gasteiger partial charge in [0, 0.05) is 42.0 Å². The highest BCUT2D eigenvalue weighted by molar-refractivity contribution is 6.37. The average Bonchev–Trinajstić information content (AvgIpc) is 3.45. The van der Waals surface area contributed by atoms with Crippen molar-refractivity contribution in [2.75, 3.05) is 44.7 Å². The molecule has 226 valence electrons. The van der Waals surface area contributed by atoms with Gasteiger partial charge < -0.3 is 19.4 Å². The number of anilines is 1. The SMILES string of the molecule is C=CC(=O)N1CCN(c2nc(OC[C@@H]3CCCN3C)nc3cc(-c4cccc5ccc(F)c(Cl)c45)c(F)cc23)C[C@@H]1CC#N. The van der Waals surface area contributed by atoms with E-state index in [9.17, 15) is 14.4 Å². The van der Waals surface area contributed by atoms with Crippen LogP contribution in [0.3, 0.4) is 0 Å². The second-order valence-corrected chi connectivity index (χ2v) is 11.6. The number of rotatable bonds is 7. The van der Waals surface area contributed by atoms with E-state index < -0.39 is 17.7 Å². The largest absolute Gasteiger partial charge is 0.462 e. The third kappa shape index (κ3) is 5.53. The van der Waals surface area contributed by atoms with Crippen LogP contribution in [0.2, 0.25) is 5.02 Å². The molecule has 2 aliphatic rings. The molecule has 3 heterocycles. The Hall–Kier alpha value is -4.33. The summed E-state index contributed by atoms with van der Waals surface area (Å²) in [6.07, 6.45) is 3.45. The number of nitrogens with zero attached hydrogens (tertiary/aromatic N) is 6. The maximum Gasteiger partial charge on any atom is 0.319 e. The van der Waals surface area contributed by atoms with Crippen LogP contribution in [-0.2, 0) is 4.79 Å². The van der Waals surface area contributed by atoms with Crippen LogP contribution in [0.1, 0.15) is 19.3 Å². The van der Waals surface area contributed by atoms with Crippen LogP contribution in [0, 0.1) is 23.0 Å². The number of amides is 1. The van der Waals surface area contributed by atoms with Gasteiger partial charge in [0.1, 0.15) is 24.1 Å². The van der Waals surface area contributed by atoms with E-state index in [-0.39, 0.29) is 35.0 Å². The number of fused-ring (bicyclic) bond motifs is 2. The predicted octanol–water partition coefficient (Wildman–Crippen LogP) is 5.97. The molecule has 0 radical (unpaired) electrons. The number of aromatic nitrogens is 2. The van der Waals surface area contributed by atoms with Gasteiger partial charge in [-0.15, -0.1) is 0 Å². The van der Waals surface area contributed by atoms with Crippen LogP contribution < -0.4 is 9.64 Å². The molecule has 11 heteroatoms. The lowest BCUT2D eigenvalue weighted by molar-refractivity contribution is -0.128. The molecule has 0 saturated carbocycles. The molecule has 6 rings (SSSR count). The number of hydrogen-bond donors (Lipinski definition) is 0. The number of benzene rings is 3. The van der Waals surface area contributed by atoms with Crippen LogP contribution in [-0.4, -0.2) is 77.6 Å². The van der Waals surface area contributed by atoms with Gasteiger partial charge in [0.2, 0.25) is 5.91 Å². The minimum absolute atomic E-state index is 0.0823. The Balaban J connectivity index is 1.47. The normalized spacial score (nSPS) is 19.0. The van der Waals surface area contributed by atoms with Crippen molar-refractivity contribution < 1.29 is 18.3 Å². The van der Waals surface area contributed by atoms with Gasteiger partial charge in [-0.2, -0.15) is 15.2 Å². The van der Waals surface area contributed by atoms with Crippen LogP contribution in [0.15, 0.2) is 55.1 Å². The molecular weight excluding hydrogens is 586 g/mol. The molecule has 2 atom stereocenters. The van der Waals surface area contributed by atoms with Gasteiger partial charge in [0.05, 0.1) is 29.1 Å². The molecule has 8 nitrogen and oxygen atoms in total. The van der Waals surface area contributed by atoms with Crippen LogP contribution in [0.25, 0.3) is 32.8 Å². The first-order valence-corrected chi connectivity index (χ1v) is 14.9. The summed E-state index contributed by atoms with van der Waals surface area (Å²) in [4.78, 5) is 27.7. The highest BCUT2D eigenvalue weighted by atomic mass is 35.5. The maximum absolute atomic E-state index is 16.1. The average molecular weight is 617 g/mol. The molecule has 1 amide bonds. The zero-order valence-electron chi connectivity index (χ0n) is 24.3. The Labute approximate surface area is 259 Å². The van der Waals surface area contributed by atoms with E-state index in [1.807, 2.05) is 4.90 Å². The molecule has 2 saturated heterocycles. The van der Waals surface area contributed by atoms with Gasteiger partial charge in [-0.05, 0) is 61.7 Å². The van der Waals surface area contributed by atoms with Gasteiger partial charge in [-0.1, -0.05) is 42.4 Å². The molecule has 1 aromatic heterocycles. The van der Waals surface area contributed by atoms with Crippen molar-refractivity contribution in [2.24, 2.45) is 0 Å². The molecular formula is C33H31ClF2N6O2. The zero-order valence-corrected chi connectivity index (χ0v) is 25.0. The van der Waals surface area contributed by atoms with E-state index in [1.165, 1.54) is 18.2 Å². The molecule has 0 spiro atoms. The summed E-state index contributed by atoms with van der Waals surface area (Å²) in [5.41, 5.74) is 1.09. The molecule has 4 aromatic rings. The van der Waals surface area contributed by atoms with Crippen molar-refractivity contribution in [1.82, 2.24) is 19.8 Å². The first-order chi connectivity index (χ1) is 21.3. The van der Waals surface area contributed by atoms with E-state index in [0.29, 0.717) is 59.3 Å². The monoisotopic (exact) mass is 616 g/mol. The molecule has 0 aliphatic carbocycles. The Morgan fingerprint density at radius 1 is 1.14 bits per heavy atom. The number of nitriles is 1. The molecule has 0 unspecified atom stereocenters. The van der Waals surface area contributed by atoms with Crippen molar-refractivity contribution in [1.29, 1.82) is 5.26 Å². The zero-order chi connectivity index (χ0) is 31.0. The lowest BCUT2D eigenvalue weighted by Gasteiger charge is -2.41. The highest BCUT2D eigenvalue weighted by Crippen LogP contribution is 2.39. The minimum Gasteiger partial charge on any atom is -0.462 e. The van der Waals surface area contributed by atoms with Crippen molar-refractivity contribution >= 4 is 45.0 Å². The predicted molar refractivity (Wildman–Crippen MR) is 167 cm³/mol. The van der Waals surface area contributed by atoms with Crippen molar-refractivity contribution in [3.8, 4) is 23.2 Å². The van der Waals surface area contributed by atoms with Crippen LogP contribution in [0.5, 0.6) is 6.01 Å². The number of piperazine rings is 1. The topological polar surface area (TPSA) is 85.6 Å². The molecule has 3 aromatic carbocycles.